The van der Waals surface area contributed by atoms with Gasteiger partial charge in [0.2, 0.25) is 0 Å². The summed E-state index contributed by atoms with van der Waals surface area (Å²) in [5.74, 6) is -4.16. The first-order valence-corrected chi connectivity index (χ1v) is 14.7. The van der Waals surface area contributed by atoms with Gasteiger partial charge in [0.15, 0.2) is 14.1 Å². The molecule has 0 spiro atoms. The predicted molar refractivity (Wildman–Crippen MR) is 119 cm³/mol. The van der Waals surface area contributed by atoms with Gasteiger partial charge in [-0.1, -0.05) is 20.8 Å². The summed E-state index contributed by atoms with van der Waals surface area (Å²) >= 11 is 3.10. The lowest BCUT2D eigenvalue weighted by Gasteiger charge is -2.59. The molecule has 0 aromatic heterocycles. The third-order valence-electron chi connectivity index (χ3n) is 6.06. The van der Waals surface area contributed by atoms with Crippen molar-refractivity contribution in [2.75, 3.05) is 28.4 Å². The molecule has 1 aromatic rings. The first kappa shape index (κ1) is 28.3. The molecule has 33 heavy (non-hydrogen) atoms. The summed E-state index contributed by atoms with van der Waals surface area (Å²) in [5.41, 5.74) is -5.24. The zero-order valence-electron chi connectivity index (χ0n) is 19.8. The van der Waals surface area contributed by atoms with Crippen LogP contribution in [-0.2, 0) is 40.3 Å². The Bertz CT molecular complexity index is 1020. The fraction of sp³-hybridized carbons (Fsp3) is 0.684. The van der Waals surface area contributed by atoms with Crippen LogP contribution in [0.4, 0.5) is 13.2 Å². The van der Waals surface area contributed by atoms with Gasteiger partial charge in [0, 0.05) is 26.9 Å². The van der Waals surface area contributed by atoms with Crippen molar-refractivity contribution in [3.05, 3.63) is 21.7 Å². The highest BCUT2D eigenvalue weighted by Gasteiger charge is 2.72. The topological polar surface area (TPSA) is 89.5 Å². The summed E-state index contributed by atoms with van der Waals surface area (Å²) in [6.45, 7) is 9.97. The van der Waals surface area contributed by atoms with E-state index in [0.29, 0.717) is 0 Å². The first-order chi connectivity index (χ1) is 14.8. The normalized spacial score (nSPS) is 20.8. The summed E-state index contributed by atoms with van der Waals surface area (Å²) in [6, 6.07) is 1.06. The molecule has 1 aliphatic rings. The fourth-order valence-corrected chi connectivity index (χ4v) is 5.84. The second kappa shape index (κ2) is 8.64. The van der Waals surface area contributed by atoms with Crippen LogP contribution < -0.4 is 8.92 Å². The van der Waals surface area contributed by atoms with Crippen LogP contribution in [0.3, 0.4) is 0 Å². The van der Waals surface area contributed by atoms with Crippen LogP contribution in [0.5, 0.6) is 11.5 Å². The summed E-state index contributed by atoms with van der Waals surface area (Å²) in [4.78, 5) is 0. The highest BCUT2D eigenvalue weighted by molar-refractivity contribution is 9.10. The number of methoxy groups -OCH3 is 4. The molecule has 0 saturated carbocycles. The van der Waals surface area contributed by atoms with Gasteiger partial charge in [-0.2, -0.15) is 21.6 Å². The van der Waals surface area contributed by atoms with Gasteiger partial charge in [-0.15, -0.1) is 0 Å². The molecular formula is C19H28BrF3O8SSi. The third kappa shape index (κ3) is 4.10. The maximum atomic E-state index is 12.9. The zero-order valence-corrected chi connectivity index (χ0v) is 23.2. The van der Waals surface area contributed by atoms with Crippen LogP contribution in [0.25, 0.3) is 0 Å². The van der Waals surface area contributed by atoms with E-state index in [4.69, 9.17) is 23.4 Å². The van der Waals surface area contributed by atoms with Gasteiger partial charge < -0.3 is 27.6 Å². The minimum Gasteiger partial charge on any atom is -0.495 e. The first-order valence-electron chi connectivity index (χ1n) is 9.60. The van der Waals surface area contributed by atoms with E-state index in [2.05, 4.69) is 20.1 Å². The fourth-order valence-electron chi connectivity index (χ4n) is 3.37. The molecule has 1 aliphatic carbocycles. The molecule has 0 saturated heterocycles. The van der Waals surface area contributed by atoms with Crippen LogP contribution >= 0.6 is 15.9 Å². The molecule has 0 heterocycles. The van der Waals surface area contributed by atoms with Gasteiger partial charge in [0.25, 0.3) is 11.6 Å². The van der Waals surface area contributed by atoms with Crippen molar-refractivity contribution in [3.63, 3.8) is 0 Å². The van der Waals surface area contributed by atoms with Gasteiger partial charge in [-0.3, -0.25) is 0 Å². The minimum atomic E-state index is -5.96. The standard InChI is InChI=1S/C19H28BrF3O8SSi/c1-16(2,3)33(8,9)31-18(29-7)13-11(17(18,27-5)28-6)10-12(14(20)15(13)26-4)30-32(24,25)19(21,22)23/h10H,1-9H3. The number of ether oxygens (including phenoxy) is 4. The van der Waals surface area contributed by atoms with Crippen molar-refractivity contribution >= 4 is 34.4 Å². The number of rotatable bonds is 8. The van der Waals surface area contributed by atoms with Crippen molar-refractivity contribution < 1.29 is 49.1 Å². The maximum absolute atomic E-state index is 12.9. The minimum absolute atomic E-state index is 0.0508. The number of hydrogen-bond donors (Lipinski definition) is 0. The predicted octanol–water partition coefficient (Wildman–Crippen LogP) is 4.97. The second-order valence-corrected chi connectivity index (χ2v) is 15.9. The molecule has 2 rings (SSSR count). The molecule has 190 valence electrons. The zero-order chi connectivity index (χ0) is 25.8. The van der Waals surface area contributed by atoms with Crippen molar-refractivity contribution in [1.29, 1.82) is 0 Å². The van der Waals surface area contributed by atoms with Gasteiger partial charge in [0.05, 0.1) is 12.7 Å². The second-order valence-electron chi connectivity index (χ2n) is 8.84. The quantitative estimate of drug-likeness (QED) is 0.184. The maximum Gasteiger partial charge on any atom is 0.534 e. The van der Waals surface area contributed by atoms with Crippen LogP contribution in [0.1, 0.15) is 31.9 Å². The molecular weight excluding hydrogens is 553 g/mol. The van der Waals surface area contributed by atoms with Gasteiger partial charge >= 0.3 is 15.6 Å². The Morgan fingerprint density at radius 2 is 1.45 bits per heavy atom. The lowest BCUT2D eigenvalue weighted by molar-refractivity contribution is -0.415. The summed E-state index contributed by atoms with van der Waals surface area (Å²) in [5, 5.41) is -0.268. The third-order valence-corrected chi connectivity index (χ3v) is 12.2. The SMILES string of the molecule is COc1c(Br)c(OS(=O)(=O)C(F)(F)F)cc2c1C(OC)(O[Si](C)(C)C(C)(C)C)C2(OC)OC. The molecule has 0 fully saturated rings. The Morgan fingerprint density at radius 1 is 0.970 bits per heavy atom. The number of fused-ring (bicyclic) bond motifs is 1. The monoisotopic (exact) mass is 580 g/mol. The van der Waals surface area contributed by atoms with E-state index in [1.54, 1.807) is 0 Å². The van der Waals surface area contributed by atoms with Crippen molar-refractivity contribution in [2.45, 2.75) is 56.0 Å². The largest absolute Gasteiger partial charge is 0.534 e. The number of benzene rings is 1. The van der Waals surface area contributed by atoms with Crippen molar-refractivity contribution in [2.24, 2.45) is 0 Å². The number of halogens is 4. The Morgan fingerprint density at radius 3 is 1.82 bits per heavy atom. The molecule has 8 nitrogen and oxygen atoms in total. The van der Waals surface area contributed by atoms with Gasteiger partial charge in [-0.25, -0.2) is 0 Å². The Balaban J connectivity index is 2.86. The molecule has 1 atom stereocenters. The lowest BCUT2D eigenvalue weighted by atomic mass is 9.74. The number of alkyl halides is 3. The molecule has 0 aliphatic heterocycles. The van der Waals surface area contributed by atoms with Crippen LogP contribution in [0.2, 0.25) is 18.1 Å². The average molecular weight is 581 g/mol. The lowest BCUT2D eigenvalue weighted by Crippen LogP contribution is -2.67. The van der Waals surface area contributed by atoms with Crippen LogP contribution in [0, 0.1) is 0 Å². The molecule has 0 amide bonds. The Labute approximate surface area is 201 Å². The molecule has 0 N–H and O–H groups in total. The number of hydrogen-bond acceptors (Lipinski definition) is 8. The Hall–Kier alpha value is -0.903. The van der Waals surface area contributed by atoms with E-state index in [0.717, 1.165) is 6.07 Å². The van der Waals surface area contributed by atoms with Crippen molar-refractivity contribution in [1.82, 2.24) is 0 Å². The Kier molecular flexibility index (Phi) is 7.42. The van der Waals surface area contributed by atoms with E-state index in [1.807, 2.05) is 33.9 Å². The summed E-state index contributed by atoms with van der Waals surface area (Å²) in [6.07, 6.45) is 0. The highest BCUT2D eigenvalue weighted by atomic mass is 79.9. The van der Waals surface area contributed by atoms with Crippen LogP contribution in [0.15, 0.2) is 10.5 Å². The molecule has 0 bridgehead atoms. The highest BCUT2D eigenvalue weighted by Crippen LogP contribution is 2.65. The smallest absolute Gasteiger partial charge is 0.495 e. The molecule has 1 unspecified atom stereocenters. The summed E-state index contributed by atoms with van der Waals surface area (Å²) < 4.78 is 95.5. The van der Waals surface area contributed by atoms with Crippen LogP contribution in [-0.4, -0.2) is 50.7 Å². The van der Waals surface area contributed by atoms with Gasteiger partial charge in [0.1, 0.15) is 10.2 Å². The van der Waals surface area contributed by atoms with Gasteiger partial charge in [-0.05, 0) is 40.1 Å². The molecule has 0 radical (unpaired) electrons. The van der Waals surface area contributed by atoms with E-state index < -0.39 is 41.3 Å². The van der Waals surface area contributed by atoms with E-state index in [-0.39, 0.29) is 26.4 Å². The van der Waals surface area contributed by atoms with E-state index in [9.17, 15) is 21.6 Å². The van der Waals surface area contributed by atoms with E-state index in [1.165, 1.54) is 28.4 Å². The molecule has 1 aromatic carbocycles. The average Bonchev–Trinajstić information content (AvgIpc) is 2.67. The van der Waals surface area contributed by atoms with Crippen molar-refractivity contribution in [3.8, 4) is 11.5 Å². The van der Waals surface area contributed by atoms with E-state index >= 15 is 0 Å². The molecule has 14 heteroatoms. The summed E-state index contributed by atoms with van der Waals surface area (Å²) in [7, 11) is -3.31.